The van der Waals surface area contributed by atoms with E-state index >= 15 is 0 Å². The molecule has 2 saturated heterocycles. The van der Waals surface area contributed by atoms with Crippen molar-refractivity contribution in [3.63, 3.8) is 0 Å². The van der Waals surface area contributed by atoms with E-state index in [1.165, 1.54) is 5.57 Å². The van der Waals surface area contributed by atoms with Crippen LogP contribution in [0.2, 0.25) is 0 Å². The van der Waals surface area contributed by atoms with Crippen LogP contribution in [0, 0.1) is 11.8 Å². The van der Waals surface area contributed by atoms with Gasteiger partial charge in [-0.1, -0.05) is 20.4 Å². The molecule has 2 heteroatoms. The molecule has 0 N–H and O–H groups in total. The van der Waals surface area contributed by atoms with E-state index < -0.39 is 0 Å². The summed E-state index contributed by atoms with van der Waals surface area (Å²) in [7, 11) is 0. The van der Waals surface area contributed by atoms with Gasteiger partial charge in [-0.3, -0.25) is 0 Å². The van der Waals surface area contributed by atoms with E-state index in [0.29, 0.717) is 17.9 Å². The summed E-state index contributed by atoms with van der Waals surface area (Å²) in [4.78, 5) is 0. The molecule has 4 atom stereocenters. The van der Waals surface area contributed by atoms with Crippen LogP contribution in [0.4, 0.5) is 0 Å². The van der Waals surface area contributed by atoms with Crippen LogP contribution in [0.15, 0.2) is 12.2 Å². The fraction of sp³-hybridized carbons (Fsp3) is 0.833. The van der Waals surface area contributed by atoms with Crippen LogP contribution in [0.3, 0.4) is 0 Å². The van der Waals surface area contributed by atoms with Crippen LogP contribution >= 0.6 is 0 Å². The van der Waals surface area contributed by atoms with Crippen molar-refractivity contribution in [2.75, 3.05) is 6.61 Å². The van der Waals surface area contributed by atoms with E-state index in [4.69, 9.17) is 9.47 Å². The van der Waals surface area contributed by atoms with Gasteiger partial charge in [-0.2, -0.15) is 0 Å². The lowest BCUT2D eigenvalue weighted by molar-refractivity contribution is -0.138. The summed E-state index contributed by atoms with van der Waals surface area (Å²) in [6, 6.07) is 0. The molecule has 0 radical (unpaired) electrons. The van der Waals surface area contributed by atoms with Gasteiger partial charge in [0.15, 0.2) is 0 Å². The summed E-state index contributed by atoms with van der Waals surface area (Å²) in [5.74, 6) is 1.12. The van der Waals surface area contributed by atoms with Gasteiger partial charge in [-0.05, 0) is 24.8 Å². The van der Waals surface area contributed by atoms with Gasteiger partial charge < -0.3 is 9.47 Å². The fourth-order valence-electron chi connectivity index (χ4n) is 2.51. The zero-order valence-corrected chi connectivity index (χ0v) is 9.32. The number of ether oxygens (including phenoxy) is 2. The van der Waals surface area contributed by atoms with Crippen molar-refractivity contribution >= 4 is 0 Å². The molecule has 2 aliphatic heterocycles. The Hall–Kier alpha value is -0.340. The second-order valence-corrected chi connectivity index (χ2v) is 4.90. The lowest BCUT2D eigenvalue weighted by Crippen LogP contribution is -2.43. The van der Waals surface area contributed by atoms with Crippen LogP contribution in [0.5, 0.6) is 0 Å². The lowest BCUT2D eigenvalue weighted by atomic mass is 9.83. The molecule has 2 rings (SSSR count). The summed E-state index contributed by atoms with van der Waals surface area (Å²) in [6.07, 6.45) is 1.95. The zero-order valence-electron chi connectivity index (χ0n) is 9.32. The second-order valence-electron chi connectivity index (χ2n) is 4.90. The average molecular weight is 196 g/mol. The van der Waals surface area contributed by atoms with Crippen molar-refractivity contribution in [1.82, 2.24) is 0 Å². The minimum absolute atomic E-state index is 0.223. The monoisotopic (exact) mass is 196 g/mol. The van der Waals surface area contributed by atoms with E-state index in [0.717, 1.165) is 13.0 Å². The van der Waals surface area contributed by atoms with Gasteiger partial charge in [-0.25, -0.2) is 0 Å². The van der Waals surface area contributed by atoms with E-state index in [9.17, 15) is 0 Å². The zero-order chi connectivity index (χ0) is 10.3. The maximum atomic E-state index is 5.94. The molecule has 0 saturated carbocycles. The molecule has 0 bridgehead atoms. The Labute approximate surface area is 86.3 Å². The van der Waals surface area contributed by atoms with Crippen molar-refractivity contribution in [2.24, 2.45) is 11.8 Å². The number of rotatable bonds is 1. The molecule has 0 spiro atoms. The van der Waals surface area contributed by atoms with Crippen molar-refractivity contribution < 1.29 is 9.47 Å². The Kier molecular flexibility index (Phi) is 2.67. The normalized spacial score (nSPS) is 43.0. The van der Waals surface area contributed by atoms with Gasteiger partial charge in [0.1, 0.15) is 0 Å². The molecule has 0 aromatic carbocycles. The SMILES string of the molecule is C=C1COC2C(C)OC(C(C)C)CC12. The first-order valence-electron chi connectivity index (χ1n) is 5.54. The summed E-state index contributed by atoms with van der Waals surface area (Å²) < 4.78 is 11.6. The summed E-state index contributed by atoms with van der Waals surface area (Å²) >= 11 is 0. The molecule has 0 aliphatic carbocycles. The highest BCUT2D eigenvalue weighted by molar-refractivity contribution is 5.12. The van der Waals surface area contributed by atoms with Crippen molar-refractivity contribution in [3.8, 4) is 0 Å². The molecule has 14 heavy (non-hydrogen) atoms. The number of hydrogen-bond donors (Lipinski definition) is 0. The minimum atomic E-state index is 0.223. The number of fused-ring (bicyclic) bond motifs is 1. The van der Waals surface area contributed by atoms with Crippen molar-refractivity contribution in [2.45, 2.75) is 45.5 Å². The Bertz CT molecular complexity index is 234. The van der Waals surface area contributed by atoms with Crippen LogP contribution in [0.25, 0.3) is 0 Å². The molecule has 4 unspecified atom stereocenters. The molecular weight excluding hydrogens is 176 g/mol. The highest BCUT2D eigenvalue weighted by Crippen LogP contribution is 2.38. The molecule has 80 valence electrons. The quantitative estimate of drug-likeness (QED) is 0.599. The van der Waals surface area contributed by atoms with Crippen LogP contribution < -0.4 is 0 Å². The smallest absolute Gasteiger partial charge is 0.0905 e. The molecule has 0 aromatic rings. The fourth-order valence-corrected chi connectivity index (χ4v) is 2.51. The van der Waals surface area contributed by atoms with E-state index in [2.05, 4.69) is 27.4 Å². The van der Waals surface area contributed by atoms with Gasteiger partial charge in [0.05, 0.1) is 24.9 Å². The molecule has 0 amide bonds. The van der Waals surface area contributed by atoms with E-state index in [1.807, 2.05) is 0 Å². The third-order valence-electron chi connectivity index (χ3n) is 3.46. The highest BCUT2D eigenvalue weighted by Gasteiger charge is 2.42. The van der Waals surface area contributed by atoms with Gasteiger partial charge in [0.2, 0.25) is 0 Å². The third kappa shape index (κ3) is 1.61. The number of hydrogen-bond acceptors (Lipinski definition) is 2. The van der Waals surface area contributed by atoms with Gasteiger partial charge in [0.25, 0.3) is 0 Å². The van der Waals surface area contributed by atoms with E-state index in [-0.39, 0.29) is 12.2 Å². The first kappa shape index (κ1) is 10.2. The first-order valence-corrected chi connectivity index (χ1v) is 5.54. The minimum Gasteiger partial charge on any atom is -0.372 e. The van der Waals surface area contributed by atoms with Gasteiger partial charge in [-0.15, -0.1) is 0 Å². The predicted octanol–water partition coefficient (Wildman–Crippen LogP) is 2.39. The summed E-state index contributed by atoms with van der Waals surface area (Å²) in [6.45, 7) is 11.4. The predicted molar refractivity (Wildman–Crippen MR) is 56.2 cm³/mol. The molecule has 2 nitrogen and oxygen atoms in total. The van der Waals surface area contributed by atoms with Crippen LogP contribution in [-0.2, 0) is 9.47 Å². The Morgan fingerprint density at radius 2 is 2.14 bits per heavy atom. The maximum absolute atomic E-state index is 5.94. The lowest BCUT2D eigenvalue weighted by Gasteiger charge is -2.38. The third-order valence-corrected chi connectivity index (χ3v) is 3.46. The standard InChI is InChI=1S/C12H20O2/c1-7(2)11-5-10-8(3)6-13-12(10)9(4)14-11/h7,9-12H,3,5-6H2,1-2,4H3. The molecule has 2 aliphatic rings. The second kappa shape index (κ2) is 3.67. The average Bonchev–Trinajstić information content (AvgIpc) is 2.48. The van der Waals surface area contributed by atoms with Crippen molar-refractivity contribution in [3.05, 3.63) is 12.2 Å². The van der Waals surface area contributed by atoms with Crippen LogP contribution in [0.1, 0.15) is 27.2 Å². The summed E-state index contributed by atoms with van der Waals surface area (Å²) in [5.41, 5.74) is 1.26. The molecule has 2 heterocycles. The van der Waals surface area contributed by atoms with Crippen LogP contribution in [-0.4, -0.2) is 24.9 Å². The van der Waals surface area contributed by atoms with Gasteiger partial charge in [0, 0.05) is 5.92 Å². The Balaban J connectivity index is 2.10. The molecule has 0 aromatic heterocycles. The highest BCUT2D eigenvalue weighted by atomic mass is 16.6. The topological polar surface area (TPSA) is 18.5 Å². The molecular formula is C12H20O2. The van der Waals surface area contributed by atoms with Gasteiger partial charge >= 0.3 is 0 Å². The van der Waals surface area contributed by atoms with Crippen molar-refractivity contribution in [1.29, 1.82) is 0 Å². The Morgan fingerprint density at radius 3 is 2.79 bits per heavy atom. The summed E-state index contributed by atoms with van der Waals surface area (Å²) in [5, 5.41) is 0. The first-order chi connectivity index (χ1) is 6.59. The molecule has 2 fully saturated rings. The van der Waals surface area contributed by atoms with E-state index in [1.54, 1.807) is 0 Å². The Morgan fingerprint density at radius 1 is 1.43 bits per heavy atom. The largest absolute Gasteiger partial charge is 0.372 e. The maximum Gasteiger partial charge on any atom is 0.0905 e.